The van der Waals surface area contributed by atoms with Gasteiger partial charge in [0.2, 0.25) is 0 Å². The molecule has 1 unspecified atom stereocenters. The maximum Gasteiger partial charge on any atom is 0.338 e. The summed E-state index contributed by atoms with van der Waals surface area (Å²) in [4.78, 5) is 24.9. The Bertz CT molecular complexity index is 1290. The largest absolute Gasteiger partial charge is 0.493 e. The number of sulfonamides is 1. The molecule has 1 atom stereocenters. The second-order valence-corrected chi connectivity index (χ2v) is 9.68. The molecule has 0 bridgehead atoms. The van der Waals surface area contributed by atoms with Crippen molar-refractivity contribution in [2.24, 2.45) is 0 Å². The van der Waals surface area contributed by atoms with Gasteiger partial charge >= 0.3 is 5.97 Å². The average Bonchev–Trinajstić information content (AvgIpc) is 2.87. The van der Waals surface area contributed by atoms with Crippen molar-refractivity contribution < 1.29 is 27.5 Å². The zero-order valence-electron chi connectivity index (χ0n) is 18.5. The molecule has 3 aromatic carbocycles. The van der Waals surface area contributed by atoms with Gasteiger partial charge in [0, 0.05) is 19.0 Å². The lowest BCUT2D eigenvalue weighted by Gasteiger charge is -2.26. The van der Waals surface area contributed by atoms with Crippen LogP contribution in [-0.2, 0) is 19.6 Å². The number of ether oxygens (including phenoxy) is 2. The Morgan fingerprint density at radius 1 is 1.03 bits per heavy atom. The van der Waals surface area contributed by atoms with Gasteiger partial charge < -0.3 is 14.8 Å². The molecule has 1 amide bonds. The van der Waals surface area contributed by atoms with Gasteiger partial charge in [-0.2, -0.15) is 0 Å². The first-order valence-corrected chi connectivity index (χ1v) is 12.1. The van der Waals surface area contributed by atoms with Crippen LogP contribution >= 0.6 is 0 Å². The molecule has 176 valence electrons. The number of benzene rings is 3. The number of rotatable bonds is 7. The van der Waals surface area contributed by atoms with Crippen LogP contribution in [0.25, 0.3) is 0 Å². The molecular formula is C25H24N2O6S. The predicted molar refractivity (Wildman–Crippen MR) is 126 cm³/mol. The van der Waals surface area contributed by atoms with Crippen LogP contribution in [0.4, 0.5) is 5.69 Å². The average molecular weight is 481 g/mol. The molecule has 9 heteroatoms. The molecule has 1 aliphatic heterocycles. The van der Waals surface area contributed by atoms with Crippen molar-refractivity contribution in [1.82, 2.24) is 5.32 Å². The van der Waals surface area contributed by atoms with Gasteiger partial charge in [0.25, 0.3) is 15.9 Å². The molecule has 1 heterocycles. The monoisotopic (exact) mass is 480 g/mol. The molecule has 0 aliphatic carbocycles. The fourth-order valence-corrected chi connectivity index (χ4v) is 4.90. The first-order valence-electron chi connectivity index (χ1n) is 10.7. The van der Waals surface area contributed by atoms with E-state index < -0.39 is 28.5 Å². The highest BCUT2D eigenvalue weighted by Gasteiger charge is 2.24. The zero-order valence-corrected chi connectivity index (χ0v) is 19.3. The van der Waals surface area contributed by atoms with Crippen LogP contribution in [0, 0.1) is 0 Å². The molecule has 8 nitrogen and oxygen atoms in total. The molecular weight excluding hydrogens is 456 g/mol. The third-order valence-corrected chi connectivity index (χ3v) is 7.26. The molecule has 1 aliphatic rings. The molecule has 0 spiro atoms. The van der Waals surface area contributed by atoms with E-state index in [0.717, 1.165) is 15.6 Å². The van der Waals surface area contributed by atoms with E-state index in [2.05, 4.69) is 5.32 Å². The molecule has 0 fully saturated rings. The number of anilines is 1. The lowest BCUT2D eigenvalue weighted by Crippen LogP contribution is -2.35. The van der Waals surface area contributed by atoms with E-state index in [4.69, 9.17) is 9.47 Å². The SMILES string of the molecule is CN(c1ccccc1)S(=O)(=O)c1cccc(C(=O)OCC(=O)NC2CCOc3ccccc32)c1. The van der Waals surface area contributed by atoms with E-state index in [1.54, 1.807) is 30.3 Å². The number of para-hydroxylation sites is 2. The summed E-state index contributed by atoms with van der Waals surface area (Å²) in [5.41, 5.74) is 1.39. The number of fused-ring (bicyclic) bond motifs is 1. The minimum atomic E-state index is -3.89. The summed E-state index contributed by atoms with van der Waals surface area (Å²) in [5.74, 6) is -0.529. The number of amides is 1. The first-order chi connectivity index (χ1) is 16.4. The third kappa shape index (κ3) is 5.04. The summed E-state index contributed by atoms with van der Waals surface area (Å²) in [6, 6.07) is 21.3. The fraction of sp³-hybridized carbons (Fsp3) is 0.200. The molecule has 34 heavy (non-hydrogen) atoms. The lowest BCUT2D eigenvalue weighted by atomic mass is 10.0. The Hall–Kier alpha value is -3.85. The van der Waals surface area contributed by atoms with Crippen molar-refractivity contribution in [3.05, 3.63) is 90.0 Å². The molecule has 0 saturated carbocycles. The highest BCUT2D eigenvalue weighted by molar-refractivity contribution is 7.92. The Labute approximate surface area is 198 Å². The number of esters is 1. The summed E-state index contributed by atoms with van der Waals surface area (Å²) < 4.78 is 37.9. The zero-order chi connectivity index (χ0) is 24.1. The van der Waals surface area contributed by atoms with Gasteiger partial charge in [-0.15, -0.1) is 0 Å². The molecule has 0 aromatic heterocycles. The summed E-state index contributed by atoms with van der Waals surface area (Å²) in [7, 11) is -2.45. The number of nitrogens with zero attached hydrogens (tertiary/aromatic N) is 1. The summed E-state index contributed by atoms with van der Waals surface area (Å²) in [6.07, 6.45) is 0.603. The summed E-state index contributed by atoms with van der Waals surface area (Å²) in [6.45, 7) is -0.0142. The number of carbonyl (C=O) groups is 2. The van der Waals surface area contributed by atoms with Gasteiger partial charge in [0.15, 0.2) is 6.61 Å². The molecule has 1 N–H and O–H groups in total. The Kier molecular flexibility index (Phi) is 6.83. The van der Waals surface area contributed by atoms with Crippen molar-refractivity contribution in [2.45, 2.75) is 17.4 Å². The van der Waals surface area contributed by atoms with Crippen LogP contribution in [0.5, 0.6) is 5.75 Å². The van der Waals surface area contributed by atoms with Crippen LogP contribution in [0.3, 0.4) is 0 Å². The van der Waals surface area contributed by atoms with Gasteiger partial charge in [-0.05, 0) is 36.4 Å². The molecule has 4 rings (SSSR count). The fourth-order valence-electron chi connectivity index (χ4n) is 3.66. The smallest absolute Gasteiger partial charge is 0.338 e. The van der Waals surface area contributed by atoms with E-state index in [-0.39, 0.29) is 16.5 Å². The van der Waals surface area contributed by atoms with Crippen LogP contribution in [-0.4, -0.2) is 40.6 Å². The summed E-state index contributed by atoms with van der Waals surface area (Å²) in [5, 5.41) is 2.85. The van der Waals surface area contributed by atoms with Crippen LogP contribution in [0.15, 0.2) is 83.8 Å². The second-order valence-electron chi connectivity index (χ2n) is 7.71. The van der Waals surface area contributed by atoms with E-state index in [9.17, 15) is 18.0 Å². The minimum Gasteiger partial charge on any atom is -0.493 e. The molecule has 0 saturated heterocycles. The maximum absolute atomic E-state index is 13.0. The lowest BCUT2D eigenvalue weighted by molar-refractivity contribution is -0.125. The standard InChI is InChI=1S/C25H24N2O6S/c1-27(19-9-3-2-4-10-19)34(30,31)20-11-7-8-18(16-20)25(29)33-17-24(28)26-22-14-15-32-23-13-6-5-12-21(22)23/h2-13,16,22H,14-15,17H2,1H3,(H,26,28). The van der Waals surface area contributed by atoms with Crippen LogP contribution in [0.1, 0.15) is 28.4 Å². The number of hydrogen-bond acceptors (Lipinski definition) is 6. The van der Waals surface area contributed by atoms with Crippen molar-refractivity contribution in [2.75, 3.05) is 24.6 Å². The van der Waals surface area contributed by atoms with Gasteiger partial charge in [-0.1, -0.05) is 42.5 Å². The molecule has 0 radical (unpaired) electrons. The van der Waals surface area contributed by atoms with Crippen LogP contribution < -0.4 is 14.4 Å². The van der Waals surface area contributed by atoms with Gasteiger partial charge in [-0.3, -0.25) is 9.10 Å². The quantitative estimate of drug-likeness (QED) is 0.521. The van der Waals surface area contributed by atoms with Gasteiger partial charge in [-0.25, -0.2) is 13.2 Å². The predicted octanol–water partition coefficient (Wildman–Crippen LogP) is 3.31. The van der Waals surface area contributed by atoms with E-state index >= 15 is 0 Å². The summed E-state index contributed by atoms with van der Waals surface area (Å²) >= 11 is 0. The Morgan fingerprint density at radius 3 is 2.56 bits per heavy atom. The third-order valence-electron chi connectivity index (χ3n) is 5.48. The minimum absolute atomic E-state index is 0.0340. The first kappa shape index (κ1) is 23.3. The van der Waals surface area contributed by atoms with E-state index in [0.29, 0.717) is 18.7 Å². The van der Waals surface area contributed by atoms with Crippen molar-refractivity contribution in [3.63, 3.8) is 0 Å². The number of nitrogens with one attached hydrogen (secondary N) is 1. The Morgan fingerprint density at radius 2 is 1.76 bits per heavy atom. The normalized spacial score (nSPS) is 14.9. The Balaban J connectivity index is 1.40. The van der Waals surface area contributed by atoms with Crippen molar-refractivity contribution in [3.8, 4) is 5.75 Å². The van der Waals surface area contributed by atoms with E-state index in [1.165, 1.54) is 31.3 Å². The van der Waals surface area contributed by atoms with Crippen molar-refractivity contribution >= 4 is 27.6 Å². The topological polar surface area (TPSA) is 102 Å². The number of hydrogen-bond donors (Lipinski definition) is 1. The molecule has 3 aromatic rings. The van der Waals surface area contributed by atoms with Gasteiger partial charge in [0.1, 0.15) is 5.75 Å². The number of carbonyl (C=O) groups excluding carboxylic acids is 2. The maximum atomic E-state index is 13.0. The van der Waals surface area contributed by atoms with Crippen molar-refractivity contribution in [1.29, 1.82) is 0 Å². The highest BCUT2D eigenvalue weighted by Crippen LogP contribution is 2.31. The second kappa shape index (κ2) is 9.96. The highest BCUT2D eigenvalue weighted by atomic mass is 32.2. The van der Waals surface area contributed by atoms with Gasteiger partial charge in [0.05, 0.1) is 28.8 Å². The van der Waals surface area contributed by atoms with Crippen LogP contribution in [0.2, 0.25) is 0 Å². The van der Waals surface area contributed by atoms with E-state index in [1.807, 2.05) is 24.3 Å².